The van der Waals surface area contributed by atoms with Crippen LogP contribution in [0.1, 0.15) is 16.6 Å². The van der Waals surface area contributed by atoms with Crippen LogP contribution in [0.25, 0.3) is 10.4 Å². The lowest BCUT2D eigenvalue weighted by atomic mass is 10.2. The van der Waals surface area contributed by atoms with Crippen LogP contribution in [0.2, 0.25) is 0 Å². The quantitative estimate of drug-likeness (QED) is 0.704. The van der Waals surface area contributed by atoms with Crippen molar-refractivity contribution in [3.63, 3.8) is 0 Å². The smallest absolute Gasteiger partial charge is 0.169 e. The first kappa shape index (κ1) is 10.1. The molecule has 0 saturated carbocycles. The molecule has 0 atom stereocenters. The summed E-state index contributed by atoms with van der Waals surface area (Å²) in [5, 5.41) is 0. The van der Waals surface area contributed by atoms with Crippen molar-refractivity contribution in [1.29, 1.82) is 0 Å². The molecule has 1 nitrogen and oxygen atoms in total. The molecule has 0 aliphatic rings. The van der Waals surface area contributed by atoms with Gasteiger partial charge in [0, 0.05) is 4.88 Å². The Morgan fingerprint density at radius 1 is 1.13 bits per heavy atom. The normalized spacial score (nSPS) is 10.3. The van der Waals surface area contributed by atoms with Crippen molar-refractivity contribution in [3.05, 3.63) is 47.1 Å². The van der Waals surface area contributed by atoms with Gasteiger partial charge in [0.15, 0.2) is 5.78 Å². The fourth-order valence-electron chi connectivity index (χ4n) is 1.30. The molecule has 15 heavy (non-hydrogen) atoms. The number of hydrogen-bond donors (Lipinski definition) is 0. The summed E-state index contributed by atoms with van der Waals surface area (Å²) < 4.78 is 12.7. The largest absolute Gasteiger partial charge is 0.294 e. The van der Waals surface area contributed by atoms with Gasteiger partial charge in [0.05, 0.1) is 4.88 Å². The third-order valence-corrected chi connectivity index (χ3v) is 3.32. The summed E-state index contributed by atoms with van der Waals surface area (Å²) in [6.07, 6.45) is 0. The summed E-state index contributed by atoms with van der Waals surface area (Å²) in [7, 11) is 0. The Balaban J connectivity index is 2.37. The standard InChI is InChI=1S/C12H9FOS/c1-8(14)11-6-7-12(15-11)9-2-4-10(13)5-3-9/h2-7H,1H3. The summed E-state index contributed by atoms with van der Waals surface area (Å²) in [6.45, 7) is 1.54. The van der Waals surface area contributed by atoms with Crippen LogP contribution >= 0.6 is 11.3 Å². The third-order valence-electron chi connectivity index (χ3n) is 2.08. The van der Waals surface area contributed by atoms with Gasteiger partial charge < -0.3 is 0 Å². The highest BCUT2D eigenvalue weighted by molar-refractivity contribution is 7.17. The zero-order valence-electron chi connectivity index (χ0n) is 8.16. The summed E-state index contributed by atoms with van der Waals surface area (Å²) in [5.41, 5.74) is 0.939. The van der Waals surface area contributed by atoms with E-state index in [0.717, 1.165) is 15.3 Å². The highest BCUT2D eigenvalue weighted by atomic mass is 32.1. The van der Waals surface area contributed by atoms with Crippen molar-refractivity contribution in [2.75, 3.05) is 0 Å². The van der Waals surface area contributed by atoms with E-state index in [1.807, 2.05) is 6.07 Å². The Bertz CT molecular complexity index is 485. The van der Waals surface area contributed by atoms with Gasteiger partial charge in [-0.25, -0.2) is 4.39 Å². The Labute approximate surface area is 91.2 Å². The van der Waals surface area contributed by atoms with Crippen LogP contribution in [0.4, 0.5) is 4.39 Å². The van der Waals surface area contributed by atoms with E-state index in [9.17, 15) is 9.18 Å². The van der Waals surface area contributed by atoms with E-state index in [0.29, 0.717) is 0 Å². The highest BCUT2D eigenvalue weighted by Crippen LogP contribution is 2.28. The average Bonchev–Trinajstić information content (AvgIpc) is 2.68. The molecule has 1 aromatic carbocycles. The lowest BCUT2D eigenvalue weighted by Gasteiger charge is -1.95. The second-order valence-corrected chi connectivity index (χ2v) is 4.31. The summed E-state index contributed by atoms with van der Waals surface area (Å²) >= 11 is 1.43. The Hall–Kier alpha value is -1.48. The van der Waals surface area contributed by atoms with Crippen LogP contribution in [-0.4, -0.2) is 5.78 Å². The molecule has 0 amide bonds. The predicted molar refractivity (Wildman–Crippen MR) is 59.7 cm³/mol. The maximum atomic E-state index is 12.7. The summed E-state index contributed by atoms with van der Waals surface area (Å²) in [4.78, 5) is 12.8. The van der Waals surface area contributed by atoms with Gasteiger partial charge in [0.2, 0.25) is 0 Å². The lowest BCUT2D eigenvalue weighted by molar-refractivity contribution is 0.102. The van der Waals surface area contributed by atoms with Gasteiger partial charge in [-0.15, -0.1) is 11.3 Å². The number of hydrogen-bond acceptors (Lipinski definition) is 2. The van der Waals surface area contributed by atoms with Crippen LogP contribution < -0.4 is 0 Å². The molecular weight excluding hydrogens is 211 g/mol. The molecule has 0 fully saturated rings. The SMILES string of the molecule is CC(=O)c1ccc(-c2ccc(F)cc2)s1. The van der Waals surface area contributed by atoms with E-state index in [4.69, 9.17) is 0 Å². The number of halogens is 1. The van der Waals surface area contributed by atoms with Gasteiger partial charge >= 0.3 is 0 Å². The lowest BCUT2D eigenvalue weighted by Crippen LogP contribution is -1.83. The summed E-state index contributed by atoms with van der Waals surface area (Å²) in [5.74, 6) is -0.185. The van der Waals surface area contributed by atoms with E-state index in [1.54, 1.807) is 25.1 Å². The first-order chi connectivity index (χ1) is 7.16. The zero-order chi connectivity index (χ0) is 10.8. The van der Waals surface area contributed by atoms with E-state index in [1.165, 1.54) is 23.5 Å². The Kier molecular flexibility index (Phi) is 2.64. The van der Waals surface area contributed by atoms with Crippen LogP contribution in [0.5, 0.6) is 0 Å². The molecule has 0 aliphatic heterocycles. The van der Waals surface area contributed by atoms with Crippen molar-refractivity contribution < 1.29 is 9.18 Å². The predicted octanol–water partition coefficient (Wildman–Crippen LogP) is 3.76. The van der Waals surface area contributed by atoms with Crippen LogP contribution in [0.3, 0.4) is 0 Å². The van der Waals surface area contributed by atoms with E-state index in [2.05, 4.69) is 0 Å². The van der Waals surface area contributed by atoms with E-state index >= 15 is 0 Å². The molecule has 2 rings (SSSR count). The van der Waals surface area contributed by atoms with Crippen molar-refractivity contribution in [2.45, 2.75) is 6.92 Å². The molecule has 0 saturated heterocycles. The highest BCUT2D eigenvalue weighted by Gasteiger charge is 2.05. The van der Waals surface area contributed by atoms with Crippen LogP contribution in [0, 0.1) is 5.82 Å². The van der Waals surface area contributed by atoms with Crippen molar-refractivity contribution in [1.82, 2.24) is 0 Å². The monoisotopic (exact) mass is 220 g/mol. The number of carbonyl (C=O) groups is 1. The molecule has 1 aromatic heterocycles. The first-order valence-electron chi connectivity index (χ1n) is 4.53. The van der Waals surface area contributed by atoms with Gasteiger partial charge in [-0.2, -0.15) is 0 Å². The number of rotatable bonds is 2. The molecule has 0 N–H and O–H groups in total. The number of carbonyl (C=O) groups excluding carboxylic acids is 1. The van der Waals surface area contributed by atoms with E-state index in [-0.39, 0.29) is 11.6 Å². The number of ketones is 1. The molecule has 3 heteroatoms. The van der Waals surface area contributed by atoms with Crippen molar-refractivity contribution in [3.8, 4) is 10.4 Å². The fourth-order valence-corrected chi connectivity index (χ4v) is 2.20. The molecule has 0 aliphatic carbocycles. The Morgan fingerprint density at radius 3 is 2.33 bits per heavy atom. The fraction of sp³-hybridized carbons (Fsp3) is 0.0833. The first-order valence-corrected chi connectivity index (χ1v) is 5.35. The minimum Gasteiger partial charge on any atom is -0.294 e. The molecule has 1 heterocycles. The van der Waals surface area contributed by atoms with E-state index < -0.39 is 0 Å². The van der Waals surface area contributed by atoms with Crippen LogP contribution in [0.15, 0.2) is 36.4 Å². The van der Waals surface area contributed by atoms with Gasteiger partial charge in [0.1, 0.15) is 5.82 Å². The zero-order valence-corrected chi connectivity index (χ0v) is 8.98. The molecule has 0 spiro atoms. The number of benzene rings is 1. The van der Waals surface area contributed by atoms with Gasteiger partial charge in [0.25, 0.3) is 0 Å². The van der Waals surface area contributed by atoms with Gasteiger partial charge in [-0.05, 0) is 36.8 Å². The minimum atomic E-state index is -0.248. The number of thiophene rings is 1. The topological polar surface area (TPSA) is 17.1 Å². The second-order valence-electron chi connectivity index (χ2n) is 3.23. The van der Waals surface area contributed by atoms with Crippen LogP contribution in [-0.2, 0) is 0 Å². The molecule has 76 valence electrons. The molecule has 0 bridgehead atoms. The maximum absolute atomic E-state index is 12.7. The van der Waals surface area contributed by atoms with Crippen molar-refractivity contribution >= 4 is 17.1 Å². The molecular formula is C12H9FOS. The Morgan fingerprint density at radius 2 is 1.80 bits per heavy atom. The van der Waals surface area contributed by atoms with Gasteiger partial charge in [-0.3, -0.25) is 4.79 Å². The molecule has 0 radical (unpaired) electrons. The maximum Gasteiger partial charge on any atom is 0.169 e. The average molecular weight is 220 g/mol. The molecule has 2 aromatic rings. The minimum absolute atomic E-state index is 0.0633. The van der Waals surface area contributed by atoms with Gasteiger partial charge in [-0.1, -0.05) is 12.1 Å². The summed E-state index contributed by atoms with van der Waals surface area (Å²) in [6, 6.07) is 9.95. The third kappa shape index (κ3) is 2.13. The molecule has 0 unspecified atom stereocenters. The van der Waals surface area contributed by atoms with Crippen molar-refractivity contribution in [2.24, 2.45) is 0 Å². The second kappa shape index (κ2) is 3.95. The number of Topliss-reactive ketones (excluding diaryl/α,β-unsaturated/α-hetero) is 1.